The van der Waals surface area contributed by atoms with Crippen LogP contribution >= 0.6 is 0 Å². The summed E-state index contributed by atoms with van der Waals surface area (Å²) in [7, 11) is 0. The van der Waals surface area contributed by atoms with Crippen molar-refractivity contribution in [3.05, 3.63) is 203 Å². The molecule has 0 spiro atoms. The van der Waals surface area contributed by atoms with Gasteiger partial charge in [-0.15, -0.1) is 0 Å². The SMILES string of the molecule is CC(C)(C)c1ccc(N(C#Cc2cc(-c3ccccc3)c(C#CN(c3ccc(C(C)(C)C)cc3)c3ccc(C(C)(C)C)cc3)cc2-c2ccccc2)c2ccc(C(C)(C)C)cc2)cc1. The largest absolute Gasteiger partial charge is 0.270 e. The lowest BCUT2D eigenvalue weighted by Gasteiger charge is -2.24. The molecular weight excluding hydrogens is 773 g/mol. The van der Waals surface area contributed by atoms with E-state index in [0.29, 0.717) is 0 Å². The highest BCUT2D eigenvalue weighted by Gasteiger charge is 2.20. The lowest BCUT2D eigenvalue weighted by molar-refractivity contribution is 0.590. The van der Waals surface area contributed by atoms with Crippen molar-refractivity contribution in [2.75, 3.05) is 9.80 Å². The first kappa shape index (κ1) is 45.3. The summed E-state index contributed by atoms with van der Waals surface area (Å²) in [6.45, 7) is 27.0. The molecule has 0 atom stereocenters. The molecule has 64 heavy (non-hydrogen) atoms. The number of anilines is 4. The van der Waals surface area contributed by atoms with E-state index in [9.17, 15) is 0 Å². The number of hydrogen-bond donors (Lipinski definition) is 0. The van der Waals surface area contributed by atoms with Crippen LogP contribution < -0.4 is 9.80 Å². The zero-order valence-electron chi connectivity index (χ0n) is 40.1. The fourth-order valence-electron chi connectivity index (χ4n) is 7.75. The van der Waals surface area contributed by atoms with E-state index in [1.54, 1.807) is 0 Å². The molecule has 7 aromatic rings. The summed E-state index contributed by atoms with van der Waals surface area (Å²) < 4.78 is 0. The zero-order valence-corrected chi connectivity index (χ0v) is 40.1. The van der Waals surface area contributed by atoms with Crippen LogP contribution in [0.4, 0.5) is 22.7 Å². The zero-order chi connectivity index (χ0) is 45.9. The summed E-state index contributed by atoms with van der Waals surface area (Å²) in [6.07, 6.45) is 0. The van der Waals surface area contributed by atoms with E-state index in [-0.39, 0.29) is 21.7 Å². The van der Waals surface area contributed by atoms with Crippen LogP contribution in [0.3, 0.4) is 0 Å². The predicted octanol–water partition coefficient (Wildman–Crippen LogP) is 16.5. The Morgan fingerprint density at radius 3 is 0.750 bits per heavy atom. The number of nitrogens with zero attached hydrogens (tertiary/aromatic N) is 2. The fourth-order valence-corrected chi connectivity index (χ4v) is 7.75. The van der Waals surface area contributed by atoms with E-state index < -0.39 is 0 Å². The Bertz CT molecular complexity index is 2480. The molecule has 0 aliphatic rings. The van der Waals surface area contributed by atoms with Gasteiger partial charge in [-0.1, -0.05) is 192 Å². The second-order valence-electron chi connectivity index (χ2n) is 21.0. The molecule has 0 N–H and O–H groups in total. The minimum Gasteiger partial charge on any atom is -0.270 e. The molecule has 0 bridgehead atoms. The minimum absolute atomic E-state index is 0.0389. The summed E-state index contributed by atoms with van der Waals surface area (Å²) in [5, 5.41) is 0. The van der Waals surface area contributed by atoms with E-state index >= 15 is 0 Å². The highest BCUT2D eigenvalue weighted by Crippen LogP contribution is 2.36. The maximum atomic E-state index is 3.70. The molecule has 0 unspecified atom stereocenters. The van der Waals surface area contributed by atoms with Crippen LogP contribution in [0.2, 0.25) is 0 Å². The Morgan fingerprint density at radius 1 is 0.297 bits per heavy atom. The van der Waals surface area contributed by atoms with Crippen molar-refractivity contribution in [2.24, 2.45) is 0 Å². The maximum Gasteiger partial charge on any atom is 0.0545 e. The van der Waals surface area contributed by atoms with Crippen molar-refractivity contribution in [3.8, 4) is 46.2 Å². The molecule has 0 heterocycles. The first-order chi connectivity index (χ1) is 30.3. The molecule has 0 saturated heterocycles. The summed E-state index contributed by atoms with van der Waals surface area (Å²) >= 11 is 0. The molecule has 0 aliphatic heterocycles. The van der Waals surface area contributed by atoms with Gasteiger partial charge in [-0.3, -0.25) is 9.80 Å². The highest BCUT2D eigenvalue weighted by molar-refractivity contribution is 5.83. The van der Waals surface area contributed by atoms with Crippen LogP contribution in [-0.4, -0.2) is 0 Å². The third-order valence-electron chi connectivity index (χ3n) is 11.9. The van der Waals surface area contributed by atoms with Crippen molar-refractivity contribution >= 4 is 22.7 Å². The summed E-state index contributed by atoms with van der Waals surface area (Å²) in [4.78, 5) is 4.24. The molecule has 7 rings (SSSR count). The quantitative estimate of drug-likeness (QED) is 0.122. The van der Waals surface area contributed by atoms with Crippen LogP contribution in [0, 0.1) is 23.9 Å². The highest BCUT2D eigenvalue weighted by atomic mass is 15.1. The summed E-state index contributed by atoms with van der Waals surface area (Å²) in [6, 6.07) is 68.3. The Kier molecular flexibility index (Phi) is 12.9. The van der Waals surface area contributed by atoms with Gasteiger partial charge in [-0.05, 0) is 139 Å². The predicted molar refractivity (Wildman–Crippen MR) is 276 cm³/mol. The van der Waals surface area contributed by atoms with Crippen LogP contribution in [0.15, 0.2) is 170 Å². The van der Waals surface area contributed by atoms with Crippen LogP contribution in [0.5, 0.6) is 0 Å². The van der Waals surface area contributed by atoms with Gasteiger partial charge in [-0.25, -0.2) is 0 Å². The van der Waals surface area contributed by atoms with Gasteiger partial charge in [-0.2, -0.15) is 0 Å². The third-order valence-corrected chi connectivity index (χ3v) is 11.9. The van der Waals surface area contributed by atoms with Gasteiger partial charge in [0.25, 0.3) is 0 Å². The first-order valence-corrected chi connectivity index (χ1v) is 22.6. The molecule has 7 aromatic carbocycles. The molecule has 0 radical (unpaired) electrons. The Labute approximate surface area is 385 Å². The van der Waals surface area contributed by atoms with E-state index in [1.165, 1.54) is 22.3 Å². The van der Waals surface area contributed by atoms with Crippen LogP contribution in [0.25, 0.3) is 22.3 Å². The number of rotatable bonds is 6. The third kappa shape index (κ3) is 10.7. The van der Waals surface area contributed by atoms with Gasteiger partial charge in [0.15, 0.2) is 0 Å². The summed E-state index contributed by atoms with van der Waals surface area (Å²) in [5.74, 6) is 7.41. The first-order valence-electron chi connectivity index (χ1n) is 22.6. The van der Waals surface area contributed by atoms with Gasteiger partial charge in [0, 0.05) is 23.2 Å². The Morgan fingerprint density at radius 2 is 0.531 bits per heavy atom. The summed E-state index contributed by atoms with van der Waals surface area (Å²) in [5.41, 5.74) is 15.4. The van der Waals surface area contributed by atoms with Gasteiger partial charge in [0.1, 0.15) is 0 Å². The van der Waals surface area contributed by atoms with Crippen molar-refractivity contribution in [2.45, 2.75) is 105 Å². The van der Waals surface area contributed by atoms with Crippen LogP contribution in [0.1, 0.15) is 116 Å². The second-order valence-corrected chi connectivity index (χ2v) is 21.0. The van der Waals surface area contributed by atoms with Crippen LogP contribution in [-0.2, 0) is 21.7 Å². The molecule has 2 nitrogen and oxygen atoms in total. The molecule has 322 valence electrons. The normalized spacial score (nSPS) is 11.8. The molecule has 2 heteroatoms. The fraction of sp³-hybridized carbons (Fsp3) is 0.258. The van der Waals surface area contributed by atoms with Gasteiger partial charge in [0.05, 0.1) is 22.7 Å². The number of hydrogen-bond acceptors (Lipinski definition) is 2. The Balaban J connectivity index is 1.42. The van der Waals surface area contributed by atoms with Gasteiger partial charge < -0.3 is 0 Å². The monoisotopic (exact) mass is 837 g/mol. The molecule has 0 saturated carbocycles. The smallest absolute Gasteiger partial charge is 0.0545 e. The topological polar surface area (TPSA) is 6.48 Å². The van der Waals surface area contributed by atoms with E-state index in [2.05, 4.69) is 287 Å². The molecule has 0 fully saturated rings. The van der Waals surface area contributed by atoms with E-state index in [0.717, 1.165) is 56.1 Å². The maximum absolute atomic E-state index is 3.70. The van der Waals surface area contributed by atoms with E-state index in [4.69, 9.17) is 0 Å². The lowest BCUT2D eigenvalue weighted by Crippen LogP contribution is -2.14. The average Bonchev–Trinajstić information content (AvgIpc) is 3.26. The molecule has 0 amide bonds. The molecule has 0 aliphatic carbocycles. The van der Waals surface area contributed by atoms with Crippen molar-refractivity contribution in [1.82, 2.24) is 0 Å². The average molecular weight is 837 g/mol. The van der Waals surface area contributed by atoms with Crippen molar-refractivity contribution in [3.63, 3.8) is 0 Å². The minimum atomic E-state index is 0.0389. The number of benzene rings is 7. The molecular formula is C62H64N2. The van der Waals surface area contributed by atoms with Gasteiger partial charge >= 0.3 is 0 Å². The van der Waals surface area contributed by atoms with Gasteiger partial charge in [0.2, 0.25) is 0 Å². The second kappa shape index (κ2) is 18.2. The standard InChI is InChI=1S/C62H64N2/c1-59(2,3)49-23-31-53(32-24-49)63(54-33-25-50(26-34-54)60(4,5)6)41-39-47-43-58(46-21-17-14-18-22-46)48(44-57(47)45-19-15-13-16-20-45)40-42-64(55-35-27-51(28-36-55)61(7,8)9)56-37-29-52(30-38-56)62(10,11)12/h13-38,43-44H,1-12H3. The van der Waals surface area contributed by atoms with E-state index in [1.807, 2.05) is 0 Å². The van der Waals surface area contributed by atoms with Crippen molar-refractivity contribution in [1.29, 1.82) is 0 Å². The van der Waals surface area contributed by atoms with Crippen molar-refractivity contribution < 1.29 is 0 Å². The lowest BCUT2D eigenvalue weighted by atomic mass is 9.86. The Hall–Kier alpha value is -6.74. The molecule has 0 aromatic heterocycles.